The van der Waals surface area contributed by atoms with E-state index in [9.17, 15) is 4.79 Å². The number of hydrogen-bond donors (Lipinski definition) is 0. The number of ether oxygens (including phenoxy) is 2. The van der Waals surface area contributed by atoms with Crippen LogP contribution in [0.15, 0.2) is 18.2 Å². The van der Waals surface area contributed by atoms with Gasteiger partial charge in [-0.3, -0.25) is 4.79 Å². The third kappa shape index (κ3) is 4.96. The Morgan fingerprint density at radius 1 is 1.14 bits per heavy atom. The molecule has 0 atom stereocenters. The lowest BCUT2D eigenvalue weighted by Crippen LogP contribution is -2.31. The van der Waals surface area contributed by atoms with E-state index in [0.29, 0.717) is 24.5 Å². The molecule has 0 aliphatic carbocycles. The molecule has 0 N–H and O–H groups in total. The van der Waals surface area contributed by atoms with Crippen LogP contribution >= 0.6 is 0 Å². The first-order chi connectivity index (χ1) is 10.2. The van der Waals surface area contributed by atoms with Crippen LogP contribution in [0.3, 0.4) is 0 Å². The Hall–Kier alpha value is -1.71. The molecule has 21 heavy (non-hydrogen) atoms. The number of unbranched alkanes of at least 4 members (excludes halogenated alkanes) is 1. The molecule has 0 aromatic heterocycles. The molecule has 1 rings (SSSR count). The van der Waals surface area contributed by atoms with Gasteiger partial charge >= 0.3 is 0 Å². The molecule has 0 aliphatic rings. The Morgan fingerprint density at radius 2 is 1.90 bits per heavy atom. The summed E-state index contributed by atoms with van der Waals surface area (Å²) in [7, 11) is 3.25. The lowest BCUT2D eigenvalue weighted by Gasteiger charge is -2.24. The number of para-hydroxylation sites is 1. The summed E-state index contributed by atoms with van der Waals surface area (Å²) < 4.78 is 10.8. The van der Waals surface area contributed by atoms with Gasteiger partial charge in [0.1, 0.15) is 0 Å². The first kappa shape index (κ1) is 17.3. The van der Waals surface area contributed by atoms with Gasteiger partial charge in [0.25, 0.3) is 0 Å². The number of nitrogens with zero attached hydrogens (tertiary/aromatic N) is 1. The molecule has 0 saturated heterocycles. The third-order valence-electron chi connectivity index (χ3n) is 3.44. The van der Waals surface area contributed by atoms with Crippen LogP contribution in [0.25, 0.3) is 0 Å². The van der Waals surface area contributed by atoms with Crippen molar-refractivity contribution in [2.75, 3.05) is 20.8 Å². The largest absolute Gasteiger partial charge is 0.493 e. The summed E-state index contributed by atoms with van der Waals surface area (Å²) in [6.45, 7) is 5.52. The SMILES string of the molecule is CCCCN(Cc1cccc(OC)c1OC)C(=O)CCC. The van der Waals surface area contributed by atoms with Crippen LogP contribution in [0.2, 0.25) is 0 Å². The maximum absolute atomic E-state index is 12.3. The molecule has 0 saturated carbocycles. The Balaban J connectivity index is 2.94. The summed E-state index contributed by atoms with van der Waals surface area (Å²) in [5.74, 6) is 1.62. The molecule has 0 aliphatic heterocycles. The van der Waals surface area contributed by atoms with Crippen molar-refractivity contribution in [2.45, 2.75) is 46.1 Å². The summed E-state index contributed by atoms with van der Waals surface area (Å²) >= 11 is 0. The summed E-state index contributed by atoms with van der Waals surface area (Å²) in [6, 6.07) is 5.78. The Bertz CT molecular complexity index is 446. The lowest BCUT2D eigenvalue weighted by molar-refractivity contribution is -0.131. The molecule has 0 bridgehead atoms. The molecule has 1 aromatic carbocycles. The van der Waals surface area contributed by atoms with Crippen LogP contribution in [-0.2, 0) is 11.3 Å². The maximum atomic E-state index is 12.3. The number of amides is 1. The highest BCUT2D eigenvalue weighted by atomic mass is 16.5. The lowest BCUT2D eigenvalue weighted by atomic mass is 10.1. The first-order valence-electron chi connectivity index (χ1n) is 7.65. The van der Waals surface area contributed by atoms with E-state index in [1.165, 1.54) is 0 Å². The van der Waals surface area contributed by atoms with Crippen molar-refractivity contribution in [3.63, 3.8) is 0 Å². The molecule has 0 fully saturated rings. The van der Waals surface area contributed by atoms with Gasteiger partial charge in [-0.2, -0.15) is 0 Å². The quantitative estimate of drug-likeness (QED) is 0.698. The van der Waals surface area contributed by atoms with E-state index in [1.54, 1.807) is 14.2 Å². The van der Waals surface area contributed by atoms with E-state index < -0.39 is 0 Å². The number of carbonyl (C=O) groups excluding carboxylic acids is 1. The molecular formula is C17H27NO3. The van der Waals surface area contributed by atoms with Crippen molar-refractivity contribution in [1.82, 2.24) is 4.90 Å². The fraction of sp³-hybridized carbons (Fsp3) is 0.588. The zero-order chi connectivity index (χ0) is 15.7. The fourth-order valence-corrected chi connectivity index (χ4v) is 2.30. The van der Waals surface area contributed by atoms with E-state index in [1.807, 2.05) is 30.0 Å². The predicted molar refractivity (Wildman–Crippen MR) is 84.8 cm³/mol. The monoisotopic (exact) mass is 293 g/mol. The molecular weight excluding hydrogens is 266 g/mol. The van der Waals surface area contributed by atoms with Crippen LogP contribution in [0.1, 0.15) is 45.1 Å². The smallest absolute Gasteiger partial charge is 0.222 e. The molecule has 0 spiro atoms. The van der Waals surface area contributed by atoms with E-state index in [0.717, 1.165) is 31.4 Å². The van der Waals surface area contributed by atoms with Gasteiger partial charge in [0.05, 0.1) is 14.2 Å². The van der Waals surface area contributed by atoms with Crippen molar-refractivity contribution >= 4 is 5.91 Å². The number of hydrogen-bond acceptors (Lipinski definition) is 3. The minimum Gasteiger partial charge on any atom is -0.493 e. The Labute approximate surface area is 128 Å². The normalized spacial score (nSPS) is 10.3. The van der Waals surface area contributed by atoms with Crippen LogP contribution in [0.4, 0.5) is 0 Å². The van der Waals surface area contributed by atoms with Gasteiger partial charge < -0.3 is 14.4 Å². The Morgan fingerprint density at radius 3 is 2.48 bits per heavy atom. The molecule has 0 radical (unpaired) electrons. The van der Waals surface area contributed by atoms with Crippen LogP contribution < -0.4 is 9.47 Å². The molecule has 0 heterocycles. The highest BCUT2D eigenvalue weighted by Crippen LogP contribution is 2.31. The van der Waals surface area contributed by atoms with Gasteiger partial charge in [0, 0.05) is 25.1 Å². The standard InChI is InChI=1S/C17H27NO3/c1-5-7-12-18(16(19)9-6-2)13-14-10-8-11-15(20-3)17(14)21-4/h8,10-11H,5-7,9,12-13H2,1-4H3. The molecule has 118 valence electrons. The van der Waals surface area contributed by atoms with Gasteiger partial charge in [-0.05, 0) is 18.9 Å². The highest BCUT2D eigenvalue weighted by molar-refractivity contribution is 5.76. The number of carbonyl (C=O) groups is 1. The average molecular weight is 293 g/mol. The topological polar surface area (TPSA) is 38.8 Å². The number of benzene rings is 1. The number of methoxy groups -OCH3 is 2. The zero-order valence-electron chi connectivity index (χ0n) is 13.6. The predicted octanol–water partition coefficient (Wildman–Crippen LogP) is 3.63. The van der Waals surface area contributed by atoms with E-state index in [2.05, 4.69) is 6.92 Å². The van der Waals surface area contributed by atoms with Crippen LogP contribution in [0, 0.1) is 0 Å². The van der Waals surface area contributed by atoms with Crippen LogP contribution in [0.5, 0.6) is 11.5 Å². The number of rotatable bonds is 9. The van der Waals surface area contributed by atoms with Gasteiger partial charge in [0.15, 0.2) is 11.5 Å². The van der Waals surface area contributed by atoms with E-state index >= 15 is 0 Å². The van der Waals surface area contributed by atoms with Crippen molar-refractivity contribution in [3.8, 4) is 11.5 Å². The third-order valence-corrected chi connectivity index (χ3v) is 3.44. The summed E-state index contributed by atoms with van der Waals surface area (Å²) in [6.07, 6.45) is 3.56. The van der Waals surface area contributed by atoms with E-state index in [4.69, 9.17) is 9.47 Å². The molecule has 1 aromatic rings. The van der Waals surface area contributed by atoms with Crippen molar-refractivity contribution in [2.24, 2.45) is 0 Å². The Kier molecular flexibility index (Phi) is 7.65. The van der Waals surface area contributed by atoms with Crippen LogP contribution in [-0.4, -0.2) is 31.6 Å². The second kappa shape index (κ2) is 9.27. The van der Waals surface area contributed by atoms with Gasteiger partial charge in [-0.25, -0.2) is 0 Å². The molecule has 0 unspecified atom stereocenters. The minimum atomic E-state index is 0.204. The second-order valence-electron chi connectivity index (χ2n) is 5.07. The molecule has 4 nitrogen and oxygen atoms in total. The summed E-state index contributed by atoms with van der Waals surface area (Å²) in [5.41, 5.74) is 0.984. The maximum Gasteiger partial charge on any atom is 0.222 e. The van der Waals surface area contributed by atoms with Crippen molar-refractivity contribution < 1.29 is 14.3 Å². The molecule has 4 heteroatoms. The van der Waals surface area contributed by atoms with Gasteiger partial charge in [0.2, 0.25) is 5.91 Å². The average Bonchev–Trinajstić information content (AvgIpc) is 2.50. The summed E-state index contributed by atoms with van der Waals surface area (Å²) in [5, 5.41) is 0. The van der Waals surface area contributed by atoms with Crippen molar-refractivity contribution in [3.05, 3.63) is 23.8 Å². The van der Waals surface area contributed by atoms with E-state index in [-0.39, 0.29) is 5.91 Å². The van der Waals surface area contributed by atoms with Gasteiger partial charge in [-0.1, -0.05) is 32.4 Å². The summed E-state index contributed by atoms with van der Waals surface area (Å²) in [4.78, 5) is 14.2. The molecule has 1 amide bonds. The highest BCUT2D eigenvalue weighted by Gasteiger charge is 2.16. The second-order valence-corrected chi connectivity index (χ2v) is 5.07. The minimum absolute atomic E-state index is 0.204. The first-order valence-corrected chi connectivity index (χ1v) is 7.65. The van der Waals surface area contributed by atoms with Crippen molar-refractivity contribution in [1.29, 1.82) is 0 Å². The van der Waals surface area contributed by atoms with Gasteiger partial charge in [-0.15, -0.1) is 0 Å². The zero-order valence-corrected chi connectivity index (χ0v) is 13.6. The fourth-order valence-electron chi connectivity index (χ4n) is 2.30.